The van der Waals surface area contributed by atoms with Crippen LogP contribution in [0.15, 0.2) is 12.1 Å². The lowest BCUT2D eigenvalue weighted by Gasteiger charge is -2.27. The summed E-state index contributed by atoms with van der Waals surface area (Å²) in [5, 5.41) is 0. The molecule has 1 aliphatic heterocycles. The van der Waals surface area contributed by atoms with Crippen molar-refractivity contribution < 1.29 is 25.9 Å². The molecule has 0 bridgehead atoms. The number of carbonyl (C=O) groups excluding carboxylic acids is 1. The Bertz CT molecular complexity index is 895. The molecule has 0 N–H and O–H groups in total. The van der Waals surface area contributed by atoms with Crippen molar-refractivity contribution in [2.24, 2.45) is 0 Å². The molecular formula is C16H19ClN2O4. The highest BCUT2D eigenvalue weighted by atomic mass is 35.5. The largest absolute Gasteiger partial charge is 0.492 e. The third kappa shape index (κ3) is 3.01. The number of nitrogens with zero attached hydrogens (tertiary/aromatic N) is 2. The molecule has 1 saturated heterocycles. The van der Waals surface area contributed by atoms with Crippen LogP contribution >= 0.6 is 11.6 Å². The van der Waals surface area contributed by atoms with Gasteiger partial charge in [0.1, 0.15) is 17.1 Å². The first kappa shape index (κ1) is 10.9. The van der Waals surface area contributed by atoms with Gasteiger partial charge in [0.2, 0.25) is 0 Å². The summed E-state index contributed by atoms with van der Waals surface area (Å²) in [5.41, 5.74) is 0.726. The van der Waals surface area contributed by atoms with E-state index in [-0.39, 0.29) is 28.8 Å². The molecule has 6 nitrogen and oxygen atoms in total. The van der Waals surface area contributed by atoms with E-state index in [2.05, 4.69) is 4.98 Å². The van der Waals surface area contributed by atoms with Crippen molar-refractivity contribution >= 4 is 28.6 Å². The summed E-state index contributed by atoms with van der Waals surface area (Å²) < 4.78 is 54.7. The molecule has 124 valence electrons. The molecule has 1 aliphatic rings. The van der Waals surface area contributed by atoms with Crippen molar-refractivity contribution in [2.45, 2.75) is 31.8 Å². The van der Waals surface area contributed by atoms with Gasteiger partial charge in [-0.2, -0.15) is 0 Å². The predicted molar refractivity (Wildman–Crippen MR) is 86.2 cm³/mol. The Morgan fingerprint density at radius 3 is 3.09 bits per heavy atom. The Morgan fingerprint density at radius 2 is 2.48 bits per heavy atom. The number of esters is 1. The monoisotopic (exact) mass is 343 g/mol. The fourth-order valence-corrected chi connectivity index (χ4v) is 2.75. The van der Waals surface area contributed by atoms with Crippen LogP contribution in [0.25, 0.3) is 11.0 Å². The minimum atomic E-state index is -3.04. The standard InChI is InChI=1S/C16H19ClN2O4/c1-3-22-13-7-10(16(20)21-2)6-12-15(13)18-14(8-17)19(12)9-11-4-5-23-11/h6-7,11H,3-5,8-9H2,1-2H3/t11-/m0/s1/i1D3,3D2. The van der Waals surface area contributed by atoms with E-state index in [4.69, 9.17) is 32.7 Å². The molecule has 0 aliphatic carbocycles. The van der Waals surface area contributed by atoms with Gasteiger partial charge in [-0.05, 0) is 25.4 Å². The number of rotatable bonds is 6. The van der Waals surface area contributed by atoms with Gasteiger partial charge < -0.3 is 18.8 Å². The van der Waals surface area contributed by atoms with Crippen LogP contribution in [0.2, 0.25) is 0 Å². The van der Waals surface area contributed by atoms with Crippen LogP contribution in [-0.2, 0) is 21.9 Å². The second-order valence-corrected chi connectivity index (χ2v) is 5.36. The molecule has 1 fully saturated rings. The molecule has 3 rings (SSSR count). The summed E-state index contributed by atoms with van der Waals surface area (Å²) in [5.74, 6) is -0.339. The summed E-state index contributed by atoms with van der Waals surface area (Å²) in [4.78, 5) is 16.5. The summed E-state index contributed by atoms with van der Waals surface area (Å²) in [6, 6.07) is 2.74. The van der Waals surface area contributed by atoms with Crippen molar-refractivity contribution in [3.63, 3.8) is 0 Å². The Kier molecular flexibility index (Phi) is 3.20. The van der Waals surface area contributed by atoms with E-state index in [1.54, 1.807) is 4.57 Å². The van der Waals surface area contributed by atoms with Crippen molar-refractivity contribution in [3.8, 4) is 5.75 Å². The molecule has 1 aromatic carbocycles. The van der Waals surface area contributed by atoms with Crippen LogP contribution < -0.4 is 4.74 Å². The lowest BCUT2D eigenvalue weighted by atomic mass is 10.1. The van der Waals surface area contributed by atoms with E-state index >= 15 is 0 Å². The molecule has 2 heterocycles. The van der Waals surface area contributed by atoms with Crippen molar-refractivity contribution in [2.75, 3.05) is 20.3 Å². The normalized spacial score (nSPS) is 21.5. The number of hydrogen-bond acceptors (Lipinski definition) is 5. The average molecular weight is 344 g/mol. The Hall–Kier alpha value is -1.79. The fourth-order valence-electron chi connectivity index (χ4n) is 2.55. The molecule has 0 radical (unpaired) electrons. The van der Waals surface area contributed by atoms with Crippen LogP contribution in [0.4, 0.5) is 0 Å². The van der Waals surface area contributed by atoms with E-state index in [0.717, 1.165) is 6.42 Å². The number of aromatic nitrogens is 2. The number of hydrogen-bond donors (Lipinski definition) is 0. The van der Waals surface area contributed by atoms with Crippen LogP contribution in [0.1, 0.15) is 36.3 Å². The van der Waals surface area contributed by atoms with Crippen molar-refractivity contribution in [3.05, 3.63) is 23.5 Å². The van der Waals surface area contributed by atoms with Gasteiger partial charge in [0.05, 0.1) is 46.0 Å². The zero-order valence-corrected chi connectivity index (χ0v) is 13.2. The maximum atomic E-state index is 12.1. The number of carbonyl (C=O) groups is 1. The first-order valence-corrected chi connectivity index (χ1v) is 7.59. The topological polar surface area (TPSA) is 62.6 Å². The molecule has 0 spiro atoms. The van der Waals surface area contributed by atoms with E-state index in [1.165, 1.54) is 19.2 Å². The lowest BCUT2D eigenvalue weighted by molar-refractivity contribution is -0.0589. The van der Waals surface area contributed by atoms with Gasteiger partial charge in [-0.25, -0.2) is 9.78 Å². The lowest BCUT2D eigenvalue weighted by Crippen LogP contribution is -2.31. The highest BCUT2D eigenvalue weighted by Gasteiger charge is 2.23. The highest BCUT2D eigenvalue weighted by molar-refractivity contribution is 6.17. The molecule has 0 saturated carbocycles. The van der Waals surface area contributed by atoms with Crippen molar-refractivity contribution in [1.29, 1.82) is 0 Å². The van der Waals surface area contributed by atoms with Gasteiger partial charge in [-0.1, -0.05) is 0 Å². The second kappa shape index (κ2) is 6.76. The minimum Gasteiger partial charge on any atom is -0.492 e. The summed E-state index contributed by atoms with van der Waals surface area (Å²) in [7, 11) is 1.21. The second-order valence-electron chi connectivity index (χ2n) is 5.09. The molecule has 23 heavy (non-hydrogen) atoms. The maximum absolute atomic E-state index is 12.1. The highest BCUT2D eigenvalue weighted by Crippen LogP contribution is 2.30. The number of imidazole rings is 1. The van der Waals surface area contributed by atoms with Gasteiger partial charge in [0.25, 0.3) is 0 Å². The first-order chi connectivity index (χ1) is 13.1. The maximum Gasteiger partial charge on any atom is 0.338 e. The van der Waals surface area contributed by atoms with Gasteiger partial charge in [0, 0.05) is 10.7 Å². The third-order valence-corrected chi connectivity index (χ3v) is 4.02. The van der Waals surface area contributed by atoms with Crippen LogP contribution in [0.3, 0.4) is 0 Å². The molecule has 0 amide bonds. The molecule has 0 unspecified atom stereocenters. The number of methoxy groups -OCH3 is 1. The Morgan fingerprint density at radius 1 is 1.65 bits per heavy atom. The van der Waals surface area contributed by atoms with Gasteiger partial charge >= 0.3 is 5.97 Å². The minimum absolute atomic E-state index is 0.0284. The van der Waals surface area contributed by atoms with E-state index in [1.807, 2.05) is 0 Å². The van der Waals surface area contributed by atoms with E-state index < -0.39 is 19.4 Å². The number of alkyl halides is 1. The fraction of sp³-hybridized carbons (Fsp3) is 0.500. The van der Waals surface area contributed by atoms with E-state index in [0.29, 0.717) is 24.5 Å². The smallest absolute Gasteiger partial charge is 0.338 e. The predicted octanol–water partition coefficient (Wildman–Crippen LogP) is 2.75. The zero-order valence-electron chi connectivity index (χ0n) is 17.5. The molecular weight excluding hydrogens is 320 g/mol. The molecule has 1 aromatic heterocycles. The van der Waals surface area contributed by atoms with Gasteiger partial charge in [-0.3, -0.25) is 0 Å². The number of halogens is 1. The summed E-state index contributed by atoms with van der Waals surface area (Å²) in [6.07, 6.45) is 0.836. The molecule has 1 atom stereocenters. The van der Waals surface area contributed by atoms with Crippen LogP contribution in [-0.4, -0.2) is 41.9 Å². The first-order valence-electron chi connectivity index (χ1n) is 9.55. The Labute approximate surface area is 146 Å². The SMILES string of the molecule is [2H]C([2H])([2H])C([2H])([2H])Oc1cc(C(=O)OC)cc2c1nc(CCl)n2C[C@@H]1CCO1. The zero-order chi connectivity index (χ0) is 20.7. The number of fused-ring (bicyclic) bond motifs is 1. The number of benzene rings is 1. The summed E-state index contributed by atoms with van der Waals surface area (Å²) in [6.45, 7) is -4.93. The average Bonchev–Trinajstić information content (AvgIpc) is 2.94. The van der Waals surface area contributed by atoms with Gasteiger partial charge in [0.15, 0.2) is 0 Å². The van der Waals surface area contributed by atoms with Gasteiger partial charge in [-0.15, -0.1) is 11.6 Å². The Balaban J connectivity index is 2.16. The quantitative estimate of drug-likeness (QED) is 0.596. The number of ether oxygens (including phenoxy) is 3. The van der Waals surface area contributed by atoms with Crippen molar-refractivity contribution in [1.82, 2.24) is 9.55 Å². The van der Waals surface area contributed by atoms with Crippen LogP contribution in [0, 0.1) is 0 Å². The van der Waals surface area contributed by atoms with E-state index in [9.17, 15) is 4.79 Å². The molecule has 7 heteroatoms. The summed E-state index contributed by atoms with van der Waals surface area (Å²) >= 11 is 6.02. The third-order valence-electron chi connectivity index (χ3n) is 3.78. The van der Waals surface area contributed by atoms with Crippen LogP contribution in [0.5, 0.6) is 5.75 Å². The molecule has 2 aromatic rings.